The summed E-state index contributed by atoms with van der Waals surface area (Å²) in [6.07, 6.45) is -0.670. The van der Waals surface area contributed by atoms with Gasteiger partial charge in [-0.1, -0.05) is 0 Å². The van der Waals surface area contributed by atoms with Crippen LogP contribution in [0.5, 0.6) is 0 Å². The van der Waals surface area contributed by atoms with Gasteiger partial charge >= 0.3 is 5.97 Å². The Morgan fingerprint density at radius 1 is 1.38 bits per heavy atom. The second-order valence-electron chi connectivity index (χ2n) is 2.99. The summed E-state index contributed by atoms with van der Waals surface area (Å²) in [5.41, 5.74) is 0.771. The molecule has 3 N–H and O–H groups in total. The van der Waals surface area contributed by atoms with Crippen molar-refractivity contribution in [3.63, 3.8) is 0 Å². The normalized spacial score (nSPS) is 9.25. The number of carbonyl (C=O) groups is 2. The molecule has 1 aromatic rings. The highest BCUT2D eigenvalue weighted by Gasteiger charge is 2.15. The number of hydrogen-bond donors (Lipinski definition) is 2. The first-order valence-corrected chi connectivity index (χ1v) is 4.34. The van der Waals surface area contributed by atoms with E-state index in [4.69, 9.17) is 16.2 Å². The van der Waals surface area contributed by atoms with Gasteiger partial charge in [-0.25, -0.2) is 10.9 Å². The number of carbonyl (C=O) groups excluding carboxylic acids is 1. The van der Waals surface area contributed by atoms with Crippen LogP contribution in [0, 0.1) is 11.3 Å². The third-order valence-corrected chi connectivity index (χ3v) is 1.85. The smallest absolute Gasteiger partial charge is 0.312 e. The largest absolute Gasteiger partial charge is 0.481 e. The van der Waals surface area contributed by atoms with Gasteiger partial charge in [0, 0.05) is 0 Å². The quantitative estimate of drug-likeness (QED) is 0.327. The summed E-state index contributed by atoms with van der Waals surface area (Å²) in [4.78, 5) is 21.6. The third-order valence-electron chi connectivity index (χ3n) is 1.85. The van der Waals surface area contributed by atoms with Crippen LogP contribution in [-0.2, 0) is 9.59 Å². The number of rotatable bonds is 3. The molecule has 0 atom stereocenters. The lowest BCUT2D eigenvalue weighted by molar-refractivity contribution is -0.140. The maximum absolute atomic E-state index is 11.3. The van der Waals surface area contributed by atoms with Crippen molar-refractivity contribution in [3.8, 4) is 6.07 Å². The average molecular weight is 219 g/mol. The molecule has 0 saturated carbocycles. The van der Waals surface area contributed by atoms with Crippen LogP contribution in [0.4, 0.5) is 5.69 Å². The molecular weight excluding hydrogens is 210 g/mol. The number of anilines is 1. The molecule has 0 saturated heterocycles. The number of nitrogens with zero attached hydrogens (tertiary/aromatic N) is 2. The van der Waals surface area contributed by atoms with E-state index in [-0.39, 0.29) is 0 Å². The van der Waals surface area contributed by atoms with E-state index in [1.54, 1.807) is 0 Å². The molecule has 0 heterocycles. The van der Waals surface area contributed by atoms with E-state index in [9.17, 15) is 9.59 Å². The van der Waals surface area contributed by atoms with Gasteiger partial charge in [0.25, 0.3) is 5.91 Å². The van der Waals surface area contributed by atoms with E-state index in [2.05, 4.69) is 0 Å². The first kappa shape index (κ1) is 11.7. The summed E-state index contributed by atoms with van der Waals surface area (Å²) in [6, 6.07) is 7.84. The summed E-state index contributed by atoms with van der Waals surface area (Å²) in [5.74, 6) is 3.45. The molecule has 1 rings (SSSR count). The molecule has 0 aliphatic rings. The zero-order valence-corrected chi connectivity index (χ0v) is 8.25. The predicted molar refractivity (Wildman–Crippen MR) is 55.1 cm³/mol. The maximum Gasteiger partial charge on any atom is 0.312 e. The van der Waals surface area contributed by atoms with Crippen LogP contribution >= 0.6 is 0 Å². The van der Waals surface area contributed by atoms with Gasteiger partial charge in [0.2, 0.25) is 0 Å². The van der Waals surface area contributed by atoms with E-state index >= 15 is 0 Å². The number of benzene rings is 1. The van der Waals surface area contributed by atoms with Crippen LogP contribution in [-0.4, -0.2) is 17.0 Å². The maximum atomic E-state index is 11.3. The minimum atomic E-state index is -1.24. The fourth-order valence-electron chi connectivity index (χ4n) is 1.06. The number of hydrazine groups is 1. The van der Waals surface area contributed by atoms with E-state index in [0.29, 0.717) is 11.3 Å². The standard InChI is InChI=1S/C10H9N3O3/c11-6-7-1-3-8(4-2-7)13(12)9(14)5-10(15)16/h1-4H,5,12H2,(H,15,16). The number of carboxylic acids is 1. The van der Waals surface area contributed by atoms with Gasteiger partial charge in [-0.2, -0.15) is 5.26 Å². The van der Waals surface area contributed by atoms with Crippen LogP contribution in [0.2, 0.25) is 0 Å². The number of aliphatic carboxylic acids is 1. The SMILES string of the molecule is N#Cc1ccc(N(N)C(=O)CC(=O)O)cc1. The molecule has 0 fully saturated rings. The molecular formula is C10H9N3O3. The molecule has 16 heavy (non-hydrogen) atoms. The number of nitriles is 1. The summed E-state index contributed by atoms with van der Waals surface area (Å²) < 4.78 is 0. The Kier molecular flexibility index (Phi) is 3.58. The lowest BCUT2D eigenvalue weighted by Gasteiger charge is -2.15. The molecule has 0 bridgehead atoms. The van der Waals surface area contributed by atoms with Crippen molar-refractivity contribution in [1.29, 1.82) is 5.26 Å². The lowest BCUT2D eigenvalue weighted by atomic mass is 10.2. The Balaban J connectivity index is 2.80. The van der Waals surface area contributed by atoms with Gasteiger partial charge in [-0.05, 0) is 24.3 Å². The number of nitrogens with two attached hydrogens (primary N) is 1. The second-order valence-corrected chi connectivity index (χ2v) is 2.99. The van der Waals surface area contributed by atoms with Crippen molar-refractivity contribution in [3.05, 3.63) is 29.8 Å². The number of hydrogen-bond acceptors (Lipinski definition) is 4. The van der Waals surface area contributed by atoms with Crippen molar-refractivity contribution in [2.75, 3.05) is 5.01 Å². The zero-order valence-electron chi connectivity index (χ0n) is 8.25. The minimum Gasteiger partial charge on any atom is -0.481 e. The van der Waals surface area contributed by atoms with Gasteiger partial charge in [0.05, 0.1) is 17.3 Å². The highest BCUT2D eigenvalue weighted by molar-refractivity contribution is 6.02. The fraction of sp³-hybridized carbons (Fsp3) is 0.100. The molecule has 6 nitrogen and oxygen atoms in total. The molecule has 0 aliphatic carbocycles. The summed E-state index contributed by atoms with van der Waals surface area (Å²) in [5, 5.41) is 17.7. The predicted octanol–water partition coefficient (Wildman–Crippen LogP) is 0.240. The molecule has 1 amide bonds. The van der Waals surface area contributed by atoms with E-state index < -0.39 is 18.3 Å². The van der Waals surface area contributed by atoms with Crippen molar-refractivity contribution in [2.24, 2.45) is 5.84 Å². The Morgan fingerprint density at radius 2 is 1.94 bits per heavy atom. The van der Waals surface area contributed by atoms with Crippen LogP contribution in [0.25, 0.3) is 0 Å². The van der Waals surface area contributed by atoms with Crippen molar-refractivity contribution in [2.45, 2.75) is 6.42 Å². The summed E-state index contributed by atoms with van der Waals surface area (Å²) >= 11 is 0. The highest BCUT2D eigenvalue weighted by Crippen LogP contribution is 2.12. The Labute approximate surface area is 91.5 Å². The highest BCUT2D eigenvalue weighted by atomic mass is 16.4. The molecule has 0 aliphatic heterocycles. The first-order valence-electron chi connectivity index (χ1n) is 4.34. The first-order chi connectivity index (χ1) is 7.54. The van der Waals surface area contributed by atoms with Gasteiger partial charge in [-0.15, -0.1) is 0 Å². The van der Waals surface area contributed by atoms with Crippen LogP contribution < -0.4 is 10.9 Å². The third kappa shape index (κ3) is 2.80. The van der Waals surface area contributed by atoms with Crippen molar-refractivity contribution < 1.29 is 14.7 Å². The topological polar surface area (TPSA) is 107 Å². The molecule has 1 aromatic carbocycles. The molecule has 0 aromatic heterocycles. The second kappa shape index (κ2) is 4.91. The zero-order chi connectivity index (χ0) is 12.1. The van der Waals surface area contributed by atoms with Gasteiger partial charge in [-0.3, -0.25) is 9.59 Å². The van der Waals surface area contributed by atoms with Gasteiger partial charge < -0.3 is 5.11 Å². The summed E-state index contributed by atoms with van der Waals surface area (Å²) in [6.45, 7) is 0. The van der Waals surface area contributed by atoms with Crippen molar-refractivity contribution >= 4 is 17.6 Å². The lowest BCUT2D eigenvalue weighted by Crippen LogP contribution is -2.38. The number of amides is 1. The summed E-state index contributed by atoms with van der Waals surface area (Å²) in [7, 11) is 0. The number of carboxylic acid groups (broad SMARTS) is 1. The van der Waals surface area contributed by atoms with E-state index in [1.807, 2.05) is 6.07 Å². The Hall–Kier alpha value is -2.39. The minimum absolute atomic E-state index is 0.338. The van der Waals surface area contributed by atoms with Crippen LogP contribution in [0.3, 0.4) is 0 Å². The van der Waals surface area contributed by atoms with Crippen molar-refractivity contribution in [1.82, 2.24) is 0 Å². The molecule has 0 radical (unpaired) electrons. The van der Waals surface area contributed by atoms with Gasteiger partial charge in [0.15, 0.2) is 0 Å². The molecule has 0 spiro atoms. The Morgan fingerprint density at radius 3 is 2.38 bits per heavy atom. The van der Waals surface area contributed by atoms with E-state index in [1.165, 1.54) is 24.3 Å². The molecule has 6 heteroatoms. The van der Waals surface area contributed by atoms with Crippen LogP contribution in [0.15, 0.2) is 24.3 Å². The Bertz CT molecular complexity index is 447. The molecule has 0 unspecified atom stereocenters. The van der Waals surface area contributed by atoms with Gasteiger partial charge in [0.1, 0.15) is 6.42 Å². The monoisotopic (exact) mass is 219 g/mol. The molecule has 82 valence electrons. The van der Waals surface area contributed by atoms with E-state index in [0.717, 1.165) is 5.01 Å². The average Bonchev–Trinajstić information content (AvgIpc) is 2.27. The fourth-order valence-corrected chi connectivity index (χ4v) is 1.06. The van der Waals surface area contributed by atoms with Crippen LogP contribution in [0.1, 0.15) is 12.0 Å².